The monoisotopic (exact) mass is 328 g/mol. The quantitative estimate of drug-likeness (QED) is 0.816. The lowest BCUT2D eigenvalue weighted by molar-refractivity contribution is -0.0400. The summed E-state index contributed by atoms with van der Waals surface area (Å²) in [5.74, 6) is -0.291. The highest BCUT2D eigenvalue weighted by molar-refractivity contribution is 7.14. The number of urea groups is 1. The molecule has 0 radical (unpaired) electrons. The van der Waals surface area contributed by atoms with Gasteiger partial charge in [-0.05, 0) is 36.4 Å². The van der Waals surface area contributed by atoms with E-state index in [1.54, 1.807) is 11.0 Å². The Bertz CT molecular complexity index is 759. The Kier molecular flexibility index (Phi) is 3.34. The molecular formula is C17H16N2O3S. The van der Waals surface area contributed by atoms with Crippen LogP contribution >= 0.6 is 11.3 Å². The van der Waals surface area contributed by atoms with Crippen molar-refractivity contribution in [3.63, 3.8) is 0 Å². The zero-order valence-corrected chi connectivity index (χ0v) is 13.3. The molecule has 23 heavy (non-hydrogen) atoms. The van der Waals surface area contributed by atoms with Gasteiger partial charge in [-0.25, -0.2) is 9.59 Å². The number of benzene rings is 1. The molecule has 4 rings (SSSR count). The number of anilines is 1. The van der Waals surface area contributed by atoms with Crippen LogP contribution in [0.1, 0.15) is 28.8 Å². The average Bonchev–Trinajstić information content (AvgIpc) is 3.16. The molecule has 0 unspecified atom stereocenters. The maximum absolute atomic E-state index is 12.5. The third kappa shape index (κ3) is 2.39. The van der Waals surface area contributed by atoms with E-state index in [4.69, 9.17) is 4.74 Å². The second kappa shape index (κ2) is 5.38. The van der Waals surface area contributed by atoms with Gasteiger partial charge in [0, 0.05) is 12.1 Å². The number of amides is 2. The van der Waals surface area contributed by atoms with Crippen LogP contribution in [0.15, 0.2) is 41.8 Å². The first-order valence-electron chi connectivity index (χ1n) is 7.60. The van der Waals surface area contributed by atoms with Crippen LogP contribution in [0.5, 0.6) is 0 Å². The summed E-state index contributed by atoms with van der Waals surface area (Å²) in [4.78, 5) is 26.3. The smallest absolute Gasteiger partial charge is 0.339 e. The summed E-state index contributed by atoms with van der Waals surface area (Å²) < 4.78 is 5.72. The molecule has 3 heterocycles. The second-order valence-corrected chi connectivity index (χ2v) is 6.81. The van der Waals surface area contributed by atoms with Crippen molar-refractivity contribution in [1.29, 1.82) is 0 Å². The number of carbonyl (C=O) groups is 2. The van der Waals surface area contributed by atoms with Crippen LogP contribution in [-0.4, -0.2) is 30.0 Å². The summed E-state index contributed by atoms with van der Waals surface area (Å²) in [6.45, 7) is 1.06. The number of thiophene rings is 1. The minimum absolute atomic E-state index is 0.146. The molecule has 1 saturated heterocycles. The van der Waals surface area contributed by atoms with E-state index in [0.29, 0.717) is 18.7 Å². The van der Waals surface area contributed by atoms with E-state index >= 15 is 0 Å². The molecule has 1 N–H and O–H groups in total. The highest BCUT2D eigenvalue weighted by atomic mass is 32.1. The average molecular weight is 328 g/mol. The van der Waals surface area contributed by atoms with Crippen molar-refractivity contribution >= 4 is 28.3 Å². The number of nitrogens with one attached hydrogen (secondary N) is 1. The topological polar surface area (TPSA) is 58.6 Å². The molecule has 118 valence electrons. The Labute approximate surface area is 137 Å². The van der Waals surface area contributed by atoms with Crippen molar-refractivity contribution in [1.82, 2.24) is 4.90 Å². The molecule has 1 atom stereocenters. The van der Waals surface area contributed by atoms with Gasteiger partial charge in [0.15, 0.2) is 5.60 Å². The van der Waals surface area contributed by atoms with E-state index in [1.807, 2.05) is 35.7 Å². The summed E-state index contributed by atoms with van der Waals surface area (Å²) in [5.41, 5.74) is 0.824. The molecule has 2 aliphatic heterocycles. The molecule has 2 aromatic rings. The zero-order chi connectivity index (χ0) is 15.9. The lowest BCUT2D eigenvalue weighted by atomic mass is 9.85. The Morgan fingerprint density at radius 2 is 2.13 bits per heavy atom. The third-order valence-corrected chi connectivity index (χ3v) is 5.20. The molecule has 5 nitrogen and oxygen atoms in total. The van der Waals surface area contributed by atoms with E-state index in [0.717, 1.165) is 23.4 Å². The Balaban J connectivity index is 1.58. The molecule has 1 aromatic heterocycles. The zero-order valence-electron chi connectivity index (χ0n) is 12.5. The number of carbonyl (C=O) groups excluding carboxylic acids is 2. The predicted octanol–water partition coefficient (Wildman–Crippen LogP) is 3.44. The van der Waals surface area contributed by atoms with Gasteiger partial charge in [0.05, 0.1) is 17.1 Å². The lowest BCUT2D eigenvalue weighted by Crippen LogP contribution is -2.50. The van der Waals surface area contributed by atoms with Gasteiger partial charge < -0.3 is 9.64 Å². The van der Waals surface area contributed by atoms with E-state index in [1.165, 1.54) is 11.3 Å². The maximum Gasteiger partial charge on any atom is 0.339 e. The molecular weight excluding hydrogens is 312 g/mol. The molecule has 0 bridgehead atoms. The number of hydrogen-bond donors (Lipinski definition) is 1. The molecule has 0 saturated carbocycles. The predicted molar refractivity (Wildman–Crippen MR) is 87.7 cm³/mol. The van der Waals surface area contributed by atoms with Gasteiger partial charge in [0.1, 0.15) is 0 Å². The number of rotatable bonds is 1. The molecule has 2 amide bonds. The van der Waals surface area contributed by atoms with Crippen LogP contribution in [-0.2, 0) is 10.3 Å². The van der Waals surface area contributed by atoms with Crippen LogP contribution < -0.4 is 5.32 Å². The molecule has 0 aliphatic carbocycles. The minimum Gasteiger partial charge on any atom is -0.449 e. The first kappa shape index (κ1) is 14.3. The Morgan fingerprint density at radius 3 is 2.96 bits per heavy atom. The molecule has 1 aromatic carbocycles. The lowest BCUT2D eigenvalue weighted by Gasteiger charge is -2.39. The fraction of sp³-hybridized carbons (Fsp3) is 0.294. The van der Waals surface area contributed by atoms with Gasteiger partial charge >= 0.3 is 12.0 Å². The first-order valence-corrected chi connectivity index (χ1v) is 8.48. The molecule has 1 fully saturated rings. The standard InChI is InChI=1S/C17H16N2O3S/c20-15-12-5-1-2-6-13(12)17(22-15)8-4-9-19(11-17)16(21)18-14-7-3-10-23-14/h1-3,5-7,10H,4,8-9,11H2,(H,18,21)/t17-/m1/s1. The van der Waals surface area contributed by atoms with Gasteiger partial charge in [-0.3, -0.25) is 5.32 Å². The Morgan fingerprint density at radius 1 is 1.26 bits per heavy atom. The fourth-order valence-electron chi connectivity index (χ4n) is 3.38. The molecule has 6 heteroatoms. The van der Waals surface area contributed by atoms with Crippen LogP contribution in [0.3, 0.4) is 0 Å². The van der Waals surface area contributed by atoms with Gasteiger partial charge in [-0.1, -0.05) is 18.2 Å². The number of hydrogen-bond acceptors (Lipinski definition) is 4. The second-order valence-electron chi connectivity index (χ2n) is 5.86. The highest BCUT2D eigenvalue weighted by Crippen LogP contribution is 2.42. The van der Waals surface area contributed by atoms with Crippen LogP contribution in [0, 0.1) is 0 Å². The molecule has 1 spiro atoms. The summed E-state index contributed by atoms with van der Waals surface area (Å²) >= 11 is 1.48. The SMILES string of the molecule is O=C1O[C@@]2(CCCN(C(=O)Nc3cccs3)C2)c2ccccc21. The van der Waals surface area contributed by atoms with Gasteiger partial charge in [0.25, 0.3) is 0 Å². The van der Waals surface area contributed by atoms with Gasteiger partial charge in [-0.2, -0.15) is 0 Å². The van der Waals surface area contributed by atoms with Crippen molar-refractivity contribution in [2.45, 2.75) is 18.4 Å². The van der Waals surface area contributed by atoms with Gasteiger partial charge in [-0.15, -0.1) is 11.3 Å². The maximum atomic E-state index is 12.5. The van der Waals surface area contributed by atoms with Crippen molar-refractivity contribution in [2.24, 2.45) is 0 Å². The number of esters is 1. The number of piperidine rings is 1. The Hall–Kier alpha value is -2.34. The van der Waals surface area contributed by atoms with Gasteiger partial charge in [0.2, 0.25) is 0 Å². The first-order chi connectivity index (χ1) is 11.2. The summed E-state index contributed by atoms with van der Waals surface area (Å²) in [7, 11) is 0. The van der Waals surface area contributed by atoms with Crippen LogP contribution in [0.4, 0.5) is 9.80 Å². The summed E-state index contributed by atoms with van der Waals surface area (Å²) in [5, 5.41) is 5.64. The number of likely N-dealkylation sites (tertiary alicyclic amines) is 1. The van der Waals surface area contributed by atoms with E-state index < -0.39 is 5.60 Å². The van der Waals surface area contributed by atoms with Crippen molar-refractivity contribution in [2.75, 3.05) is 18.4 Å². The number of fused-ring (bicyclic) bond motifs is 2. The third-order valence-electron chi connectivity index (χ3n) is 4.42. The van der Waals surface area contributed by atoms with E-state index in [9.17, 15) is 9.59 Å². The summed E-state index contributed by atoms with van der Waals surface area (Å²) in [6.07, 6.45) is 1.55. The number of nitrogens with zero attached hydrogens (tertiary/aromatic N) is 1. The molecule has 2 aliphatic rings. The van der Waals surface area contributed by atoms with E-state index in [2.05, 4.69) is 5.32 Å². The number of ether oxygens (including phenoxy) is 1. The largest absolute Gasteiger partial charge is 0.449 e. The van der Waals surface area contributed by atoms with Crippen molar-refractivity contribution in [3.05, 3.63) is 52.9 Å². The highest BCUT2D eigenvalue weighted by Gasteiger charge is 2.48. The van der Waals surface area contributed by atoms with Crippen molar-refractivity contribution in [3.8, 4) is 0 Å². The van der Waals surface area contributed by atoms with E-state index in [-0.39, 0.29) is 12.0 Å². The minimum atomic E-state index is -0.696. The normalized spacial score (nSPS) is 22.8. The van der Waals surface area contributed by atoms with Crippen LogP contribution in [0.25, 0.3) is 0 Å². The van der Waals surface area contributed by atoms with Crippen molar-refractivity contribution < 1.29 is 14.3 Å². The van der Waals surface area contributed by atoms with Crippen LogP contribution in [0.2, 0.25) is 0 Å². The summed E-state index contributed by atoms with van der Waals surface area (Å²) in [6, 6.07) is 11.1. The fourth-order valence-corrected chi connectivity index (χ4v) is 3.99.